The van der Waals surface area contributed by atoms with Gasteiger partial charge in [0.15, 0.2) is 0 Å². The van der Waals surface area contributed by atoms with Gasteiger partial charge in [-0.1, -0.05) is 24.3 Å². The van der Waals surface area contributed by atoms with Crippen LogP contribution in [-0.4, -0.2) is 11.0 Å². The first kappa shape index (κ1) is 12.6. The molecule has 0 spiro atoms. The molecule has 1 aromatic heterocycles. The van der Waals surface area contributed by atoms with Crippen molar-refractivity contribution in [1.29, 1.82) is 0 Å². The first-order valence-electron chi connectivity index (χ1n) is 6.20. The predicted octanol–water partition coefficient (Wildman–Crippen LogP) is 3.38. The number of benzene rings is 2. The molecule has 0 aliphatic rings. The Bertz CT molecular complexity index is 716. The molecule has 0 radical (unpaired) electrons. The predicted molar refractivity (Wildman–Crippen MR) is 82.1 cm³/mol. The van der Waals surface area contributed by atoms with E-state index in [0.717, 1.165) is 22.5 Å². The van der Waals surface area contributed by atoms with Gasteiger partial charge in [-0.15, -0.1) is 11.3 Å². The molecule has 0 aliphatic heterocycles. The third-order valence-electron chi connectivity index (χ3n) is 2.92. The zero-order valence-electron chi connectivity index (χ0n) is 10.7. The zero-order chi connectivity index (χ0) is 13.9. The molecule has 1 heterocycles. The minimum atomic E-state index is -0.552. The summed E-state index contributed by atoms with van der Waals surface area (Å²) in [4.78, 5) is 15.4. The highest BCUT2D eigenvalue weighted by Gasteiger charge is 2.04. The largest absolute Gasteiger partial charge is 0.351 e. The van der Waals surface area contributed by atoms with Gasteiger partial charge in [-0.2, -0.15) is 0 Å². The Hall–Kier alpha value is -2.40. The van der Waals surface area contributed by atoms with Crippen LogP contribution in [0.2, 0.25) is 0 Å². The van der Waals surface area contributed by atoms with Gasteiger partial charge in [0.2, 0.25) is 0 Å². The van der Waals surface area contributed by atoms with E-state index in [0.29, 0.717) is 5.69 Å². The van der Waals surface area contributed by atoms with Gasteiger partial charge in [0.25, 0.3) is 0 Å². The lowest BCUT2D eigenvalue weighted by Gasteiger charge is -2.02. The van der Waals surface area contributed by atoms with Gasteiger partial charge in [-0.3, -0.25) is 0 Å². The van der Waals surface area contributed by atoms with Crippen molar-refractivity contribution >= 4 is 33.3 Å². The summed E-state index contributed by atoms with van der Waals surface area (Å²) in [5, 5.41) is 3.63. The van der Waals surface area contributed by atoms with Gasteiger partial charge in [-0.25, -0.2) is 9.78 Å². The van der Waals surface area contributed by atoms with E-state index in [1.165, 1.54) is 4.70 Å². The molecule has 0 fully saturated rings. The van der Waals surface area contributed by atoms with E-state index < -0.39 is 6.03 Å². The summed E-state index contributed by atoms with van der Waals surface area (Å²) in [5.41, 5.74) is 7.96. The van der Waals surface area contributed by atoms with Crippen LogP contribution in [0.5, 0.6) is 0 Å². The van der Waals surface area contributed by atoms with E-state index in [4.69, 9.17) is 5.73 Å². The lowest BCUT2D eigenvalue weighted by Crippen LogP contribution is -2.19. The van der Waals surface area contributed by atoms with Gasteiger partial charge in [0.1, 0.15) is 0 Å². The van der Waals surface area contributed by atoms with Crippen molar-refractivity contribution in [2.75, 3.05) is 5.32 Å². The topological polar surface area (TPSA) is 68.0 Å². The Morgan fingerprint density at radius 2 is 1.90 bits per heavy atom. The Labute approximate surface area is 120 Å². The second-order valence-electron chi connectivity index (χ2n) is 4.44. The van der Waals surface area contributed by atoms with Crippen LogP contribution in [0.3, 0.4) is 0 Å². The third-order valence-corrected chi connectivity index (χ3v) is 3.95. The minimum Gasteiger partial charge on any atom is -0.351 e. The number of hydrogen-bond acceptors (Lipinski definition) is 3. The number of carbonyl (C=O) groups excluding carboxylic acids is 1. The summed E-state index contributed by atoms with van der Waals surface area (Å²) < 4.78 is 1.20. The fraction of sp³-hybridized carbons (Fsp3) is 0.0667. The normalized spacial score (nSPS) is 10.6. The van der Waals surface area contributed by atoms with Crippen molar-refractivity contribution in [3.05, 3.63) is 59.1 Å². The molecule has 20 heavy (non-hydrogen) atoms. The number of amides is 2. The highest BCUT2D eigenvalue weighted by atomic mass is 32.1. The van der Waals surface area contributed by atoms with Crippen LogP contribution in [0.4, 0.5) is 10.5 Å². The first-order chi connectivity index (χ1) is 9.70. The lowest BCUT2D eigenvalue weighted by atomic mass is 10.1. The van der Waals surface area contributed by atoms with E-state index in [1.807, 2.05) is 42.5 Å². The van der Waals surface area contributed by atoms with Crippen LogP contribution in [0.1, 0.15) is 10.6 Å². The van der Waals surface area contributed by atoms with Gasteiger partial charge < -0.3 is 11.1 Å². The van der Waals surface area contributed by atoms with Gasteiger partial charge in [0, 0.05) is 12.1 Å². The highest BCUT2D eigenvalue weighted by Crippen LogP contribution is 2.24. The quantitative estimate of drug-likeness (QED) is 0.773. The van der Waals surface area contributed by atoms with Crippen molar-refractivity contribution in [3.8, 4) is 0 Å². The number of para-hydroxylation sites is 1. The molecule has 3 aromatic rings. The van der Waals surface area contributed by atoms with Crippen molar-refractivity contribution in [3.63, 3.8) is 0 Å². The number of nitrogens with one attached hydrogen (secondary N) is 1. The standard InChI is InChI=1S/C15H13N3OS/c16-15(19)17-11-7-5-10(6-8-11)9-14-18-12-3-1-2-4-13(12)20-14/h1-8H,9H2,(H3,16,17,19). The van der Waals surface area contributed by atoms with Crippen molar-refractivity contribution in [1.82, 2.24) is 4.98 Å². The van der Waals surface area contributed by atoms with Crippen molar-refractivity contribution in [2.45, 2.75) is 6.42 Å². The summed E-state index contributed by atoms with van der Waals surface area (Å²) in [6.45, 7) is 0. The lowest BCUT2D eigenvalue weighted by molar-refractivity contribution is 0.259. The maximum atomic E-state index is 10.7. The van der Waals surface area contributed by atoms with Crippen LogP contribution in [0.25, 0.3) is 10.2 Å². The van der Waals surface area contributed by atoms with Crippen LogP contribution in [-0.2, 0) is 6.42 Å². The number of primary amides is 1. The summed E-state index contributed by atoms with van der Waals surface area (Å²) in [6.07, 6.45) is 0.788. The Morgan fingerprint density at radius 1 is 1.15 bits per heavy atom. The smallest absolute Gasteiger partial charge is 0.316 e. The van der Waals surface area contributed by atoms with Crippen molar-refractivity contribution in [2.24, 2.45) is 5.73 Å². The summed E-state index contributed by atoms with van der Waals surface area (Å²) >= 11 is 1.71. The number of anilines is 1. The van der Waals surface area contributed by atoms with Crippen molar-refractivity contribution < 1.29 is 4.79 Å². The number of nitrogens with zero attached hydrogens (tertiary/aromatic N) is 1. The SMILES string of the molecule is NC(=O)Nc1ccc(Cc2nc3ccccc3s2)cc1. The molecule has 2 aromatic carbocycles. The van der Waals surface area contributed by atoms with E-state index >= 15 is 0 Å². The summed E-state index contributed by atoms with van der Waals surface area (Å²) in [6, 6.07) is 15.2. The van der Waals surface area contributed by atoms with Crippen LogP contribution >= 0.6 is 11.3 Å². The molecule has 100 valence electrons. The minimum absolute atomic E-state index is 0.552. The number of carbonyl (C=O) groups is 1. The second kappa shape index (κ2) is 5.30. The van der Waals surface area contributed by atoms with Crippen LogP contribution in [0, 0.1) is 0 Å². The molecule has 3 rings (SSSR count). The number of aromatic nitrogens is 1. The molecule has 3 N–H and O–H groups in total. The molecular formula is C15H13N3OS. The molecule has 0 saturated carbocycles. The molecule has 0 bridgehead atoms. The van der Waals surface area contributed by atoms with Gasteiger partial charge in [-0.05, 0) is 29.8 Å². The molecule has 0 unspecified atom stereocenters. The molecule has 0 aliphatic carbocycles. The Kier molecular flexibility index (Phi) is 3.35. The average molecular weight is 283 g/mol. The number of nitrogens with two attached hydrogens (primary N) is 1. The fourth-order valence-corrected chi connectivity index (χ4v) is 3.02. The van der Waals surface area contributed by atoms with Crippen LogP contribution < -0.4 is 11.1 Å². The number of rotatable bonds is 3. The van der Waals surface area contributed by atoms with E-state index in [-0.39, 0.29) is 0 Å². The zero-order valence-corrected chi connectivity index (χ0v) is 11.5. The van der Waals surface area contributed by atoms with Gasteiger partial charge >= 0.3 is 6.03 Å². The second-order valence-corrected chi connectivity index (χ2v) is 5.55. The van der Waals surface area contributed by atoms with E-state index in [9.17, 15) is 4.79 Å². The molecule has 0 saturated heterocycles. The molecule has 2 amide bonds. The Morgan fingerprint density at radius 3 is 2.60 bits per heavy atom. The molecule has 5 heteroatoms. The first-order valence-corrected chi connectivity index (χ1v) is 7.02. The third kappa shape index (κ3) is 2.78. The van der Waals surface area contributed by atoms with E-state index in [1.54, 1.807) is 11.3 Å². The molecule has 0 atom stereocenters. The number of thiazole rings is 1. The number of hydrogen-bond donors (Lipinski definition) is 2. The monoisotopic (exact) mass is 283 g/mol. The summed E-state index contributed by atoms with van der Waals surface area (Å²) in [5.74, 6) is 0. The maximum absolute atomic E-state index is 10.7. The highest BCUT2D eigenvalue weighted by molar-refractivity contribution is 7.18. The van der Waals surface area contributed by atoms with E-state index in [2.05, 4.69) is 16.4 Å². The number of urea groups is 1. The van der Waals surface area contributed by atoms with Gasteiger partial charge in [0.05, 0.1) is 15.2 Å². The number of fused-ring (bicyclic) bond motifs is 1. The average Bonchev–Trinajstić information content (AvgIpc) is 2.82. The summed E-state index contributed by atoms with van der Waals surface area (Å²) in [7, 11) is 0. The fourth-order valence-electron chi connectivity index (χ4n) is 2.02. The molecule has 4 nitrogen and oxygen atoms in total. The maximum Gasteiger partial charge on any atom is 0.316 e. The Balaban J connectivity index is 1.78. The molecular weight excluding hydrogens is 270 g/mol. The van der Waals surface area contributed by atoms with Crippen LogP contribution in [0.15, 0.2) is 48.5 Å².